The van der Waals surface area contributed by atoms with E-state index in [1.54, 1.807) is 0 Å². The van der Waals surface area contributed by atoms with Gasteiger partial charge < -0.3 is 9.72 Å². The van der Waals surface area contributed by atoms with E-state index in [-0.39, 0.29) is 17.4 Å². The predicted octanol–water partition coefficient (Wildman–Crippen LogP) is 5.90. The zero-order valence-corrected chi connectivity index (χ0v) is 17.7. The molecule has 0 spiro atoms. The van der Waals surface area contributed by atoms with Crippen LogP contribution in [0.3, 0.4) is 0 Å². The fourth-order valence-electron chi connectivity index (χ4n) is 3.42. The second-order valence-electron chi connectivity index (χ2n) is 7.49. The second kappa shape index (κ2) is 7.92. The number of aryl methyl sites for hydroxylation is 3. The van der Waals surface area contributed by atoms with Crippen LogP contribution < -0.4 is 5.32 Å². The molecule has 2 aromatic heterocycles. The lowest BCUT2D eigenvalue weighted by Crippen LogP contribution is -2.16. The molecule has 152 valence electrons. The monoisotopic (exact) mass is 421 g/mol. The van der Waals surface area contributed by atoms with Gasteiger partial charge in [0.2, 0.25) is 5.91 Å². The molecule has 2 heterocycles. The summed E-state index contributed by atoms with van der Waals surface area (Å²) in [7, 11) is 0. The lowest BCUT2D eigenvalue weighted by atomic mass is 10.0. The van der Waals surface area contributed by atoms with Gasteiger partial charge in [-0.15, -0.1) is 0 Å². The molecule has 0 aliphatic rings. The minimum absolute atomic E-state index is 0.0334. The molecule has 0 atom stereocenters. The Bertz CT molecular complexity index is 1280. The number of pyridine rings is 1. The lowest BCUT2D eigenvalue weighted by molar-refractivity contribution is -0.115. The van der Waals surface area contributed by atoms with Gasteiger partial charge in [-0.3, -0.25) is 4.79 Å². The maximum atomic E-state index is 13.4. The van der Waals surface area contributed by atoms with Crippen molar-refractivity contribution in [2.24, 2.45) is 0 Å². The van der Waals surface area contributed by atoms with Crippen molar-refractivity contribution < 1.29 is 9.18 Å². The van der Waals surface area contributed by atoms with Crippen LogP contribution >= 0.6 is 11.6 Å². The Morgan fingerprint density at radius 2 is 1.87 bits per heavy atom. The van der Waals surface area contributed by atoms with Crippen molar-refractivity contribution in [1.82, 2.24) is 9.38 Å². The zero-order valence-electron chi connectivity index (χ0n) is 17.0. The fraction of sp³-hybridized carbons (Fsp3) is 0.167. The van der Waals surface area contributed by atoms with E-state index in [0.717, 1.165) is 33.7 Å². The summed E-state index contributed by atoms with van der Waals surface area (Å²) in [6.07, 6.45) is 2.04. The van der Waals surface area contributed by atoms with E-state index in [0.29, 0.717) is 5.69 Å². The summed E-state index contributed by atoms with van der Waals surface area (Å²) >= 11 is 5.83. The molecule has 0 aliphatic heterocycles. The largest absolute Gasteiger partial charge is 0.326 e. The maximum absolute atomic E-state index is 13.4. The summed E-state index contributed by atoms with van der Waals surface area (Å²) in [6.45, 7) is 6.13. The number of fused-ring (bicyclic) bond motifs is 1. The summed E-state index contributed by atoms with van der Waals surface area (Å²) in [5.41, 5.74) is 7.22. The Morgan fingerprint density at radius 1 is 1.07 bits per heavy atom. The number of aromatic nitrogens is 2. The van der Waals surface area contributed by atoms with Crippen LogP contribution in [0.2, 0.25) is 5.02 Å². The Labute approximate surface area is 179 Å². The number of rotatable bonds is 4. The smallest absolute Gasteiger partial charge is 0.230 e. The molecule has 0 fully saturated rings. The summed E-state index contributed by atoms with van der Waals surface area (Å²) in [6, 6.07) is 14.3. The Kier molecular flexibility index (Phi) is 5.31. The highest BCUT2D eigenvalue weighted by molar-refractivity contribution is 6.31. The second-order valence-corrected chi connectivity index (χ2v) is 7.90. The quantitative estimate of drug-likeness (QED) is 0.446. The summed E-state index contributed by atoms with van der Waals surface area (Å²) in [5.74, 6) is -0.756. The van der Waals surface area contributed by atoms with Crippen LogP contribution in [-0.4, -0.2) is 15.3 Å². The van der Waals surface area contributed by atoms with Crippen LogP contribution in [0.25, 0.3) is 16.9 Å². The zero-order chi connectivity index (χ0) is 21.4. The molecule has 0 bridgehead atoms. The minimum atomic E-state index is -0.524. The highest BCUT2D eigenvalue weighted by atomic mass is 35.5. The first-order chi connectivity index (χ1) is 14.3. The van der Waals surface area contributed by atoms with Gasteiger partial charge in [0, 0.05) is 17.4 Å². The highest BCUT2D eigenvalue weighted by Crippen LogP contribution is 2.28. The molecule has 30 heavy (non-hydrogen) atoms. The Balaban J connectivity index is 1.73. The average Bonchev–Trinajstić information content (AvgIpc) is 3.04. The van der Waals surface area contributed by atoms with E-state index in [4.69, 9.17) is 16.6 Å². The summed E-state index contributed by atoms with van der Waals surface area (Å²) in [4.78, 5) is 17.6. The van der Waals surface area contributed by atoms with E-state index >= 15 is 0 Å². The molecule has 4 nitrogen and oxygen atoms in total. The fourth-order valence-corrected chi connectivity index (χ4v) is 3.60. The van der Waals surface area contributed by atoms with Gasteiger partial charge in [0.1, 0.15) is 11.5 Å². The van der Waals surface area contributed by atoms with Crippen LogP contribution in [0, 0.1) is 26.6 Å². The number of halogens is 2. The van der Waals surface area contributed by atoms with Crippen LogP contribution in [0.1, 0.15) is 22.4 Å². The van der Waals surface area contributed by atoms with Crippen molar-refractivity contribution in [3.63, 3.8) is 0 Å². The Morgan fingerprint density at radius 3 is 2.60 bits per heavy atom. The molecular weight excluding hydrogens is 401 g/mol. The first kappa shape index (κ1) is 20.1. The molecule has 0 radical (unpaired) electrons. The van der Waals surface area contributed by atoms with Crippen LogP contribution in [0.4, 0.5) is 10.1 Å². The predicted molar refractivity (Wildman–Crippen MR) is 119 cm³/mol. The number of anilines is 1. The molecule has 1 N–H and O–H groups in total. The van der Waals surface area contributed by atoms with Gasteiger partial charge >= 0.3 is 0 Å². The molecule has 4 rings (SSSR count). The average molecular weight is 422 g/mol. The molecule has 1 amide bonds. The number of amides is 1. The number of carbonyl (C=O) groups excluding carboxylic acids is 1. The van der Waals surface area contributed by atoms with Gasteiger partial charge in [-0.25, -0.2) is 9.37 Å². The summed E-state index contributed by atoms with van der Waals surface area (Å²) in [5, 5.41) is 2.76. The van der Waals surface area contributed by atoms with Gasteiger partial charge in [0.25, 0.3) is 0 Å². The number of carbonyl (C=O) groups is 1. The Hall–Kier alpha value is -3.18. The third kappa shape index (κ3) is 3.94. The molecule has 0 saturated carbocycles. The lowest BCUT2D eigenvalue weighted by Gasteiger charge is -2.09. The molecule has 6 heteroatoms. The molecule has 0 aliphatic carbocycles. The number of hydrogen-bond donors (Lipinski definition) is 1. The summed E-state index contributed by atoms with van der Waals surface area (Å²) < 4.78 is 15.3. The van der Waals surface area contributed by atoms with Crippen molar-refractivity contribution in [1.29, 1.82) is 0 Å². The van der Waals surface area contributed by atoms with E-state index in [1.807, 2.05) is 35.7 Å². The van der Waals surface area contributed by atoms with Gasteiger partial charge in [0.05, 0.1) is 22.8 Å². The van der Waals surface area contributed by atoms with Gasteiger partial charge in [-0.05, 0) is 73.9 Å². The maximum Gasteiger partial charge on any atom is 0.230 e. The highest BCUT2D eigenvalue weighted by Gasteiger charge is 2.18. The van der Waals surface area contributed by atoms with Crippen LogP contribution in [0.15, 0.2) is 54.7 Å². The molecule has 2 aromatic carbocycles. The van der Waals surface area contributed by atoms with Gasteiger partial charge in [-0.2, -0.15) is 0 Å². The van der Waals surface area contributed by atoms with E-state index < -0.39 is 5.82 Å². The van der Waals surface area contributed by atoms with Crippen molar-refractivity contribution in [3.05, 3.63) is 88.0 Å². The van der Waals surface area contributed by atoms with Crippen molar-refractivity contribution in [2.75, 3.05) is 5.32 Å². The molecule has 0 saturated heterocycles. The van der Waals surface area contributed by atoms with E-state index in [9.17, 15) is 9.18 Å². The molecular formula is C24H21ClFN3O. The number of nitrogens with zero attached hydrogens (tertiary/aromatic N) is 2. The SMILES string of the molecule is Cc1ccn2c(CC(=O)Nc3ccc(F)c(Cl)c3)c(-c3ccc(C)c(C)c3)nc2c1. The first-order valence-electron chi connectivity index (χ1n) is 9.62. The normalized spacial score (nSPS) is 11.1. The van der Waals surface area contributed by atoms with E-state index in [2.05, 4.69) is 31.3 Å². The number of hydrogen-bond acceptors (Lipinski definition) is 2. The number of imidazole rings is 1. The molecule has 4 aromatic rings. The first-order valence-corrected chi connectivity index (χ1v) is 10.00. The van der Waals surface area contributed by atoms with Crippen LogP contribution in [-0.2, 0) is 11.2 Å². The number of nitrogens with one attached hydrogen (secondary N) is 1. The third-order valence-corrected chi connectivity index (χ3v) is 5.48. The minimum Gasteiger partial charge on any atom is -0.326 e. The van der Waals surface area contributed by atoms with Crippen molar-refractivity contribution in [2.45, 2.75) is 27.2 Å². The number of benzene rings is 2. The standard InChI is InChI=1S/C24H21ClFN3O/c1-14-8-9-29-21(13-23(30)27-18-6-7-20(26)19(25)12-18)24(28-22(29)10-14)17-5-4-15(2)16(3)11-17/h4-12H,13H2,1-3H3,(H,27,30). The third-order valence-electron chi connectivity index (χ3n) is 5.19. The van der Waals surface area contributed by atoms with Gasteiger partial charge in [0.15, 0.2) is 0 Å². The van der Waals surface area contributed by atoms with Crippen LogP contribution in [0.5, 0.6) is 0 Å². The van der Waals surface area contributed by atoms with Crippen molar-refractivity contribution in [3.8, 4) is 11.3 Å². The topological polar surface area (TPSA) is 46.4 Å². The van der Waals surface area contributed by atoms with Crippen molar-refractivity contribution >= 4 is 28.8 Å². The molecule has 0 unspecified atom stereocenters. The van der Waals surface area contributed by atoms with E-state index in [1.165, 1.54) is 23.8 Å². The van der Waals surface area contributed by atoms with Gasteiger partial charge in [-0.1, -0.05) is 23.7 Å².